The standard InChI is InChI=1S/C23H35N3O2.ClH/c1-23(2,3)18-9-7-15(8-10-18)22(28)25-12-11-20(27)26-21-16-5-4-6-17(21)14-19(24)13-16;/h7-10,16-17,19,21H,4-6,11-14,24H2,1-3H3,(H,25,28)(H,26,27);1H. The minimum absolute atomic E-state index is 0. The van der Waals surface area contributed by atoms with Crippen LogP contribution in [0.1, 0.15) is 75.2 Å². The maximum atomic E-state index is 12.4. The fourth-order valence-electron chi connectivity index (χ4n) is 4.80. The average molecular weight is 422 g/mol. The van der Waals surface area contributed by atoms with Crippen molar-refractivity contribution in [2.24, 2.45) is 17.6 Å². The van der Waals surface area contributed by atoms with Gasteiger partial charge >= 0.3 is 0 Å². The van der Waals surface area contributed by atoms with Gasteiger partial charge in [0.1, 0.15) is 0 Å². The molecular formula is C23H36ClN3O2. The summed E-state index contributed by atoms with van der Waals surface area (Å²) in [5, 5.41) is 6.10. The Bertz CT molecular complexity index is 685. The van der Waals surface area contributed by atoms with E-state index in [2.05, 4.69) is 31.4 Å². The number of nitrogens with two attached hydrogens (primary N) is 1. The van der Waals surface area contributed by atoms with Crippen LogP contribution in [-0.4, -0.2) is 30.4 Å². The Morgan fingerprint density at radius 2 is 1.66 bits per heavy atom. The van der Waals surface area contributed by atoms with E-state index in [1.54, 1.807) is 0 Å². The molecule has 3 rings (SSSR count). The lowest BCUT2D eigenvalue weighted by Gasteiger charge is -2.45. The highest BCUT2D eigenvalue weighted by molar-refractivity contribution is 5.94. The molecule has 2 amide bonds. The Labute approximate surface area is 181 Å². The van der Waals surface area contributed by atoms with Gasteiger partial charge in [0.15, 0.2) is 0 Å². The van der Waals surface area contributed by atoms with Gasteiger partial charge in [-0.15, -0.1) is 12.4 Å². The summed E-state index contributed by atoms with van der Waals surface area (Å²) in [6.07, 6.45) is 5.92. The summed E-state index contributed by atoms with van der Waals surface area (Å²) in [6, 6.07) is 8.24. The highest BCUT2D eigenvalue weighted by atomic mass is 35.5. The molecule has 29 heavy (non-hydrogen) atoms. The monoisotopic (exact) mass is 421 g/mol. The zero-order valence-electron chi connectivity index (χ0n) is 17.9. The first kappa shape index (κ1) is 23.7. The topological polar surface area (TPSA) is 84.2 Å². The van der Waals surface area contributed by atoms with Crippen molar-refractivity contribution in [3.8, 4) is 0 Å². The van der Waals surface area contributed by atoms with Gasteiger partial charge in [-0.1, -0.05) is 39.3 Å². The molecular weight excluding hydrogens is 386 g/mol. The van der Waals surface area contributed by atoms with E-state index < -0.39 is 0 Å². The SMILES string of the molecule is CC(C)(C)c1ccc(C(=O)NCCC(=O)NC2C3CCCC2CC(N)C3)cc1.Cl. The third-order valence-corrected chi connectivity index (χ3v) is 6.35. The number of carbonyl (C=O) groups is 2. The largest absolute Gasteiger partial charge is 0.353 e. The Morgan fingerprint density at radius 1 is 1.07 bits per heavy atom. The van der Waals surface area contributed by atoms with E-state index in [0.29, 0.717) is 30.4 Å². The van der Waals surface area contributed by atoms with Gasteiger partial charge in [0, 0.05) is 30.6 Å². The van der Waals surface area contributed by atoms with Crippen LogP contribution in [0.4, 0.5) is 0 Å². The summed E-state index contributed by atoms with van der Waals surface area (Å²) in [7, 11) is 0. The van der Waals surface area contributed by atoms with Crippen LogP contribution in [-0.2, 0) is 10.2 Å². The predicted molar refractivity (Wildman–Crippen MR) is 119 cm³/mol. The van der Waals surface area contributed by atoms with E-state index in [9.17, 15) is 9.59 Å². The number of hydrogen-bond donors (Lipinski definition) is 3. The van der Waals surface area contributed by atoms with Gasteiger partial charge in [0.05, 0.1) is 0 Å². The lowest BCUT2D eigenvalue weighted by molar-refractivity contribution is -0.123. The number of hydrogen-bond acceptors (Lipinski definition) is 3. The maximum absolute atomic E-state index is 12.4. The molecule has 1 aromatic rings. The normalized spacial score (nSPS) is 26.2. The number of benzene rings is 1. The van der Waals surface area contributed by atoms with Crippen LogP contribution in [0.5, 0.6) is 0 Å². The van der Waals surface area contributed by atoms with Crippen molar-refractivity contribution >= 4 is 24.2 Å². The third kappa shape index (κ3) is 6.19. The second-order valence-electron chi connectivity index (χ2n) is 9.61. The van der Waals surface area contributed by atoms with Crippen molar-refractivity contribution in [3.05, 3.63) is 35.4 Å². The van der Waals surface area contributed by atoms with E-state index in [-0.39, 0.29) is 41.7 Å². The van der Waals surface area contributed by atoms with E-state index in [1.807, 2.05) is 24.3 Å². The molecule has 2 fully saturated rings. The number of rotatable bonds is 5. The van der Waals surface area contributed by atoms with Gasteiger partial charge in [-0.05, 0) is 60.6 Å². The third-order valence-electron chi connectivity index (χ3n) is 6.35. The van der Waals surface area contributed by atoms with Crippen LogP contribution in [0.15, 0.2) is 24.3 Å². The molecule has 2 aliphatic carbocycles. The summed E-state index contributed by atoms with van der Waals surface area (Å²) in [5.41, 5.74) is 8.05. The quantitative estimate of drug-likeness (QED) is 0.679. The zero-order valence-corrected chi connectivity index (χ0v) is 18.7. The predicted octanol–water partition coefficient (Wildman–Crippen LogP) is 3.55. The van der Waals surface area contributed by atoms with Gasteiger partial charge in [0.2, 0.25) is 5.91 Å². The number of nitrogens with one attached hydrogen (secondary N) is 2. The molecule has 0 aromatic heterocycles. The van der Waals surface area contributed by atoms with Gasteiger partial charge in [-0.3, -0.25) is 9.59 Å². The average Bonchev–Trinajstić information content (AvgIpc) is 2.62. The summed E-state index contributed by atoms with van der Waals surface area (Å²) >= 11 is 0. The first-order valence-corrected chi connectivity index (χ1v) is 10.7. The second-order valence-corrected chi connectivity index (χ2v) is 9.61. The van der Waals surface area contributed by atoms with Crippen molar-refractivity contribution in [2.45, 2.75) is 76.8 Å². The van der Waals surface area contributed by atoms with E-state index in [4.69, 9.17) is 5.73 Å². The highest BCUT2D eigenvalue weighted by Crippen LogP contribution is 2.39. The van der Waals surface area contributed by atoms with E-state index in [0.717, 1.165) is 25.7 Å². The minimum Gasteiger partial charge on any atom is -0.353 e. The highest BCUT2D eigenvalue weighted by Gasteiger charge is 2.39. The Morgan fingerprint density at radius 3 is 2.21 bits per heavy atom. The van der Waals surface area contributed by atoms with Crippen LogP contribution in [0.2, 0.25) is 0 Å². The first-order valence-electron chi connectivity index (χ1n) is 10.7. The van der Waals surface area contributed by atoms with E-state index in [1.165, 1.54) is 12.0 Å². The van der Waals surface area contributed by atoms with Crippen molar-refractivity contribution in [1.29, 1.82) is 0 Å². The Balaban J connectivity index is 0.00000300. The molecule has 0 radical (unpaired) electrons. The molecule has 162 valence electrons. The molecule has 2 atom stereocenters. The smallest absolute Gasteiger partial charge is 0.251 e. The molecule has 5 nitrogen and oxygen atoms in total. The fraction of sp³-hybridized carbons (Fsp3) is 0.652. The van der Waals surface area contributed by atoms with Crippen LogP contribution in [0, 0.1) is 11.8 Å². The summed E-state index contributed by atoms with van der Waals surface area (Å²) < 4.78 is 0. The zero-order chi connectivity index (χ0) is 20.3. The number of carbonyl (C=O) groups excluding carboxylic acids is 2. The molecule has 2 bridgehead atoms. The molecule has 6 heteroatoms. The summed E-state index contributed by atoms with van der Waals surface area (Å²) in [6.45, 7) is 6.80. The Kier molecular flexibility index (Phi) is 8.12. The second kappa shape index (κ2) is 9.94. The van der Waals surface area contributed by atoms with Crippen LogP contribution < -0.4 is 16.4 Å². The number of fused-ring (bicyclic) bond motifs is 2. The van der Waals surface area contributed by atoms with Gasteiger partial charge in [-0.2, -0.15) is 0 Å². The molecule has 0 saturated heterocycles. The van der Waals surface area contributed by atoms with Gasteiger partial charge < -0.3 is 16.4 Å². The fourth-order valence-corrected chi connectivity index (χ4v) is 4.80. The van der Waals surface area contributed by atoms with Crippen LogP contribution >= 0.6 is 12.4 Å². The first-order chi connectivity index (χ1) is 13.2. The lowest BCUT2D eigenvalue weighted by Crippen LogP contribution is -2.54. The molecule has 0 aliphatic heterocycles. The van der Waals surface area contributed by atoms with Crippen LogP contribution in [0.3, 0.4) is 0 Å². The van der Waals surface area contributed by atoms with Crippen LogP contribution in [0.25, 0.3) is 0 Å². The molecule has 2 saturated carbocycles. The molecule has 0 spiro atoms. The molecule has 2 unspecified atom stereocenters. The summed E-state index contributed by atoms with van der Waals surface area (Å²) in [4.78, 5) is 24.7. The van der Waals surface area contributed by atoms with Gasteiger partial charge in [0.25, 0.3) is 5.91 Å². The lowest BCUT2D eigenvalue weighted by atomic mass is 9.67. The minimum atomic E-state index is -0.131. The molecule has 1 aromatic carbocycles. The summed E-state index contributed by atoms with van der Waals surface area (Å²) in [5.74, 6) is 0.930. The Hall–Kier alpha value is -1.59. The molecule has 2 aliphatic rings. The van der Waals surface area contributed by atoms with Crippen molar-refractivity contribution < 1.29 is 9.59 Å². The van der Waals surface area contributed by atoms with Crippen molar-refractivity contribution in [1.82, 2.24) is 10.6 Å². The number of amides is 2. The van der Waals surface area contributed by atoms with Crippen molar-refractivity contribution in [3.63, 3.8) is 0 Å². The van der Waals surface area contributed by atoms with Crippen molar-refractivity contribution in [2.75, 3.05) is 6.54 Å². The van der Waals surface area contributed by atoms with E-state index >= 15 is 0 Å². The molecule has 0 heterocycles. The number of halogens is 1. The maximum Gasteiger partial charge on any atom is 0.251 e. The molecule has 4 N–H and O–H groups in total. The van der Waals surface area contributed by atoms with Gasteiger partial charge in [-0.25, -0.2) is 0 Å².